The van der Waals surface area contributed by atoms with Gasteiger partial charge in [0, 0.05) is 26.1 Å². The Kier molecular flexibility index (Phi) is 5.33. The van der Waals surface area contributed by atoms with E-state index in [1.54, 1.807) is 4.90 Å². The van der Waals surface area contributed by atoms with Gasteiger partial charge in [0.2, 0.25) is 15.9 Å². The topological polar surface area (TPSA) is 66.5 Å². The average molecular weight is 380 g/mol. The minimum atomic E-state index is -4.00. The summed E-state index contributed by atoms with van der Waals surface area (Å²) in [6.45, 7) is 0.981. The van der Waals surface area contributed by atoms with E-state index in [1.165, 1.54) is 5.56 Å². The van der Waals surface area contributed by atoms with Crippen LogP contribution in [0.4, 0.5) is 8.78 Å². The summed E-state index contributed by atoms with van der Waals surface area (Å²) in [5.74, 6) is -2.52. The van der Waals surface area contributed by atoms with Crippen molar-refractivity contribution in [3.63, 3.8) is 0 Å². The highest BCUT2D eigenvalue weighted by molar-refractivity contribution is 7.89. The molecule has 0 saturated heterocycles. The van der Waals surface area contributed by atoms with Crippen LogP contribution in [-0.4, -0.2) is 32.3 Å². The van der Waals surface area contributed by atoms with E-state index >= 15 is 0 Å². The van der Waals surface area contributed by atoms with Gasteiger partial charge in [-0.05, 0) is 35.7 Å². The van der Waals surface area contributed by atoms with E-state index in [9.17, 15) is 22.0 Å². The zero-order valence-corrected chi connectivity index (χ0v) is 14.7. The molecule has 0 atom stereocenters. The molecule has 0 radical (unpaired) electrons. The van der Waals surface area contributed by atoms with Gasteiger partial charge in [0.15, 0.2) is 11.6 Å². The van der Waals surface area contributed by atoms with E-state index in [4.69, 9.17) is 0 Å². The zero-order valence-electron chi connectivity index (χ0n) is 13.9. The molecule has 1 N–H and O–H groups in total. The molecule has 3 rings (SSSR count). The Hall–Kier alpha value is -2.32. The summed E-state index contributed by atoms with van der Waals surface area (Å²) >= 11 is 0. The monoisotopic (exact) mass is 380 g/mol. The van der Waals surface area contributed by atoms with Gasteiger partial charge >= 0.3 is 0 Å². The average Bonchev–Trinajstić information content (AvgIpc) is 2.63. The number of hydrogen-bond acceptors (Lipinski definition) is 3. The fourth-order valence-electron chi connectivity index (χ4n) is 2.89. The molecule has 2 aromatic rings. The molecule has 0 spiro atoms. The maximum Gasteiger partial charge on any atom is 0.240 e. The molecule has 1 amide bonds. The van der Waals surface area contributed by atoms with E-state index in [0.717, 1.165) is 24.1 Å². The van der Waals surface area contributed by atoms with Gasteiger partial charge in [-0.25, -0.2) is 21.9 Å². The number of halogens is 2. The van der Waals surface area contributed by atoms with Crippen molar-refractivity contribution in [2.24, 2.45) is 0 Å². The first-order valence-corrected chi connectivity index (χ1v) is 9.64. The summed E-state index contributed by atoms with van der Waals surface area (Å²) in [5, 5.41) is 0. The Morgan fingerprint density at radius 1 is 1.08 bits per heavy atom. The number of carbonyl (C=O) groups excluding carboxylic acids is 1. The van der Waals surface area contributed by atoms with E-state index in [2.05, 4.69) is 4.72 Å². The van der Waals surface area contributed by atoms with Crippen LogP contribution in [0.3, 0.4) is 0 Å². The van der Waals surface area contributed by atoms with Crippen LogP contribution in [0.5, 0.6) is 0 Å². The summed E-state index contributed by atoms with van der Waals surface area (Å²) < 4.78 is 52.5. The lowest BCUT2D eigenvalue weighted by atomic mass is 10.00. The summed E-state index contributed by atoms with van der Waals surface area (Å²) in [6, 6.07) is 10.2. The van der Waals surface area contributed by atoms with Crippen molar-refractivity contribution in [2.45, 2.75) is 24.3 Å². The molecule has 0 bridgehead atoms. The molecule has 26 heavy (non-hydrogen) atoms. The van der Waals surface area contributed by atoms with Gasteiger partial charge in [0.1, 0.15) is 0 Å². The second kappa shape index (κ2) is 7.51. The van der Waals surface area contributed by atoms with Crippen molar-refractivity contribution in [2.75, 3.05) is 13.1 Å². The number of sulfonamides is 1. The molecule has 5 nitrogen and oxygen atoms in total. The van der Waals surface area contributed by atoms with Gasteiger partial charge in [0.05, 0.1) is 4.90 Å². The molecule has 2 aromatic carbocycles. The van der Waals surface area contributed by atoms with Crippen molar-refractivity contribution in [1.82, 2.24) is 9.62 Å². The van der Waals surface area contributed by atoms with Gasteiger partial charge in [-0.1, -0.05) is 24.3 Å². The molecule has 0 fully saturated rings. The molecule has 138 valence electrons. The second-order valence-corrected chi connectivity index (χ2v) is 7.82. The molecule has 0 unspecified atom stereocenters. The minimum absolute atomic E-state index is 0.00886. The predicted molar refractivity (Wildman–Crippen MR) is 91.7 cm³/mol. The molecule has 0 saturated carbocycles. The van der Waals surface area contributed by atoms with Gasteiger partial charge in [0.25, 0.3) is 0 Å². The Morgan fingerprint density at radius 3 is 2.54 bits per heavy atom. The van der Waals surface area contributed by atoms with Gasteiger partial charge in [-0.15, -0.1) is 0 Å². The molecule has 0 aromatic heterocycles. The fraction of sp³-hybridized carbons (Fsp3) is 0.278. The smallest absolute Gasteiger partial charge is 0.240 e. The third-order valence-corrected chi connectivity index (χ3v) is 5.77. The van der Waals surface area contributed by atoms with Crippen molar-refractivity contribution < 1.29 is 22.0 Å². The standard InChI is InChI=1S/C18H18F2N2O3S/c19-16-6-5-15(11-17(16)20)26(24,25)21-9-7-18(23)22-10-8-13-3-1-2-4-14(13)12-22/h1-6,11,21H,7-10,12H2. The largest absolute Gasteiger partial charge is 0.338 e. The van der Waals surface area contributed by atoms with Crippen LogP contribution in [0.15, 0.2) is 47.4 Å². The maximum atomic E-state index is 13.2. The Balaban J connectivity index is 1.56. The molecule has 1 heterocycles. The third kappa shape index (κ3) is 4.08. The maximum absolute atomic E-state index is 13.2. The number of amides is 1. The quantitative estimate of drug-likeness (QED) is 0.865. The van der Waals surface area contributed by atoms with E-state index in [1.807, 2.05) is 24.3 Å². The number of rotatable bonds is 5. The van der Waals surface area contributed by atoms with Crippen LogP contribution in [0.25, 0.3) is 0 Å². The number of fused-ring (bicyclic) bond motifs is 1. The molecule has 8 heteroatoms. The highest BCUT2D eigenvalue weighted by atomic mass is 32.2. The summed E-state index contributed by atoms with van der Waals surface area (Å²) in [5.41, 5.74) is 2.31. The highest BCUT2D eigenvalue weighted by Crippen LogP contribution is 2.19. The molecular formula is C18H18F2N2O3S. The number of hydrogen-bond donors (Lipinski definition) is 1. The number of benzene rings is 2. The van der Waals surface area contributed by atoms with Crippen LogP contribution < -0.4 is 4.72 Å². The zero-order chi connectivity index (χ0) is 18.7. The first-order valence-electron chi connectivity index (χ1n) is 8.16. The summed E-state index contributed by atoms with van der Waals surface area (Å²) in [4.78, 5) is 13.6. The van der Waals surface area contributed by atoms with Crippen LogP contribution in [0, 0.1) is 11.6 Å². The van der Waals surface area contributed by atoms with E-state index in [-0.39, 0.29) is 23.8 Å². The van der Waals surface area contributed by atoms with Crippen molar-refractivity contribution in [1.29, 1.82) is 0 Å². The SMILES string of the molecule is O=C(CCNS(=O)(=O)c1ccc(F)c(F)c1)N1CCc2ccccc2C1. The Labute approximate surface area is 150 Å². The summed E-state index contributed by atoms with van der Waals surface area (Å²) in [7, 11) is -4.00. The van der Waals surface area contributed by atoms with Crippen molar-refractivity contribution in [3.8, 4) is 0 Å². The van der Waals surface area contributed by atoms with E-state index in [0.29, 0.717) is 19.2 Å². The number of nitrogens with zero attached hydrogens (tertiary/aromatic N) is 1. The Bertz CT molecular complexity index is 932. The van der Waals surface area contributed by atoms with Crippen LogP contribution in [-0.2, 0) is 27.8 Å². The summed E-state index contributed by atoms with van der Waals surface area (Å²) in [6.07, 6.45) is 0.758. The Morgan fingerprint density at radius 2 is 1.81 bits per heavy atom. The first kappa shape index (κ1) is 18.5. The van der Waals surface area contributed by atoms with Crippen LogP contribution in [0.1, 0.15) is 17.5 Å². The second-order valence-electron chi connectivity index (χ2n) is 6.06. The third-order valence-electron chi connectivity index (χ3n) is 4.32. The van der Waals surface area contributed by atoms with Crippen LogP contribution >= 0.6 is 0 Å². The van der Waals surface area contributed by atoms with Gasteiger partial charge < -0.3 is 4.90 Å². The lowest BCUT2D eigenvalue weighted by Gasteiger charge is -2.29. The lowest BCUT2D eigenvalue weighted by Crippen LogP contribution is -2.38. The predicted octanol–water partition coefficient (Wildman–Crippen LogP) is 2.22. The van der Waals surface area contributed by atoms with Crippen molar-refractivity contribution >= 4 is 15.9 Å². The number of carbonyl (C=O) groups is 1. The fourth-order valence-corrected chi connectivity index (χ4v) is 3.93. The van der Waals surface area contributed by atoms with Gasteiger partial charge in [-0.3, -0.25) is 4.79 Å². The molecule has 1 aliphatic rings. The lowest BCUT2D eigenvalue weighted by molar-refractivity contribution is -0.131. The molecule has 0 aliphatic carbocycles. The van der Waals surface area contributed by atoms with Gasteiger partial charge in [-0.2, -0.15) is 0 Å². The highest BCUT2D eigenvalue weighted by Gasteiger charge is 2.21. The van der Waals surface area contributed by atoms with E-state index < -0.39 is 21.7 Å². The molecule has 1 aliphatic heterocycles. The number of nitrogens with one attached hydrogen (secondary N) is 1. The first-order chi connectivity index (χ1) is 12.4. The normalized spacial score (nSPS) is 14.2. The van der Waals surface area contributed by atoms with Crippen LogP contribution in [0.2, 0.25) is 0 Å². The molecular weight excluding hydrogens is 362 g/mol. The minimum Gasteiger partial charge on any atom is -0.338 e. The van der Waals surface area contributed by atoms with Crippen molar-refractivity contribution in [3.05, 3.63) is 65.2 Å².